The summed E-state index contributed by atoms with van der Waals surface area (Å²) in [5.41, 5.74) is 21.0. The van der Waals surface area contributed by atoms with E-state index >= 15 is 0 Å². The lowest BCUT2D eigenvalue weighted by molar-refractivity contribution is -1.02. The van der Waals surface area contributed by atoms with Gasteiger partial charge < -0.3 is 0 Å². The summed E-state index contributed by atoms with van der Waals surface area (Å²) in [6, 6.07) is 38.6. The summed E-state index contributed by atoms with van der Waals surface area (Å²) in [7, 11) is 0. The fourth-order valence-electron chi connectivity index (χ4n) is 10.2. The fourth-order valence-corrected chi connectivity index (χ4v) is 10.2. The molecule has 54 heavy (non-hydrogen) atoms. The van der Waals surface area contributed by atoms with E-state index in [-0.39, 0.29) is 21.7 Å². The minimum atomic E-state index is -0.517. The zero-order chi connectivity index (χ0) is 38.1. The lowest BCUT2D eigenvalue weighted by Gasteiger charge is -2.40. The van der Waals surface area contributed by atoms with Crippen LogP contribution in [-0.2, 0) is 27.1 Å². The maximum atomic E-state index is 2.61. The fraction of sp³-hybridized carbons (Fsp3) is 0.333. The number of nitrogens with zero attached hydrogens (tertiary/aromatic N) is 3. The molecular weight excluding hydrogens is 655 g/mol. The van der Waals surface area contributed by atoms with Crippen molar-refractivity contribution in [2.45, 2.75) is 110 Å². The molecule has 0 saturated carbocycles. The molecule has 0 bridgehead atoms. The van der Waals surface area contributed by atoms with Gasteiger partial charge in [0, 0.05) is 35.4 Å². The molecule has 4 aliphatic rings. The van der Waals surface area contributed by atoms with E-state index in [4.69, 9.17) is 0 Å². The second-order valence-electron chi connectivity index (χ2n) is 20.6. The second kappa shape index (κ2) is 10.1. The molecule has 2 aromatic heterocycles. The number of rotatable bonds is 0. The second-order valence-corrected chi connectivity index (χ2v) is 20.6. The topological polar surface area (TPSA) is 7.76 Å². The van der Waals surface area contributed by atoms with Gasteiger partial charge in [0.2, 0.25) is 12.4 Å². The molecule has 0 radical (unpaired) electrons. The number of quaternary nitrogens is 1. The standard InChI is InChI=1S/C51H54N3/c1-47(2,3)31-21-23-52-43(29-31)37-25-33(49(7,8)9)27-41-45(37)54(52)46-38(44-30-32(48(4,5)6)22-24-53(44)54)26-34(50(10,11)12)28-42(46)51(41)39-19-15-13-17-35(39)36-18-14-16-20-40(36)51/h13-30H,1-12H3/q+3. The van der Waals surface area contributed by atoms with Crippen molar-refractivity contribution >= 4 is 11.4 Å². The molecule has 0 fully saturated rings. The number of fused-ring (bicyclic) bond motifs is 11. The molecule has 0 saturated heterocycles. The summed E-state index contributed by atoms with van der Waals surface area (Å²) < 4.78 is 5.68. The van der Waals surface area contributed by atoms with Crippen molar-refractivity contribution in [2.75, 3.05) is 0 Å². The highest BCUT2D eigenvalue weighted by Crippen LogP contribution is 2.68. The first-order valence-corrected chi connectivity index (χ1v) is 19.9. The molecule has 1 aliphatic carbocycles. The lowest BCUT2D eigenvalue weighted by Crippen LogP contribution is -2.82. The molecule has 0 unspecified atom stereocenters. The van der Waals surface area contributed by atoms with Crippen molar-refractivity contribution in [3.05, 3.63) is 154 Å². The zero-order valence-electron chi connectivity index (χ0n) is 34.2. The first-order chi connectivity index (χ1) is 25.3. The summed E-state index contributed by atoms with van der Waals surface area (Å²) in [6.45, 7) is 28.3. The lowest BCUT2D eigenvalue weighted by atomic mass is 9.62. The van der Waals surface area contributed by atoms with Crippen LogP contribution in [0.25, 0.3) is 33.6 Å². The molecule has 3 aliphatic heterocycles. The van der Waals surface area contributed by atoms with Crippen LogP contribution < -0.4 is 14.1 Å². The molecule has 3 heteroatoms. The molecule has 2 spiro atoms. The van der Waals surface area contributed by atoms with Gasteiger partial charge >= 0.3 is 0 Å². The van der Waals surface area contributed by atoms with Gasteiger partial charge in [0.25, 0.3) is 22.8 Å². The molecule has 6 aromatic rings. The van der Waals surface area contributed by atoms with Gasteiger partial charge in [-0.15, -0.1) is 0 Å². The summed E-state index contributed by atoms with van der Waals surface area (Å²) >= 11 is 0. The van der Waals surface area contributed by atoms with Gasteiger partial charge in [0.05, 0.1) is 14.8 Å². The van der Waals surface area contributed by atoms with Gasteiger partial charge in [-0.2, -0.15) is 0 Å². The minimum absolute atomic E-state index is 0.000717. The molecule has 4 aromatic carbocycles. The number of pyridine rings is 2. The number of hydrogen-bond donors (Lipinski definition) is 0. The Bertz CT molecular complexity index is 2460. The van der Waals surface area contributed by atoms with Crippen LogP contribution in [0, 0.1) is 0 Å². The molecule has 0 amide bonds. The predicted molar refractivity (Wildman–Crippen MR) is 222 cm³/mol. The molecule has 0 atom stereocenters. The highest BCUT2D eigenvalue weighted by molar-refractivity contribution is 5.99. The monoisotopic (exact) mass is 708 g/mol. The molecular formula is C51H54N3+3. The summed E-state index contributed by atoms with van der Waals surface area (Å²) in [4.78, 5) is 0. The zero-order valence-corrected chi connectivity index (χ0v) is 34.2. The Morgan fingerprint density at radius 2 is 0.759 bits per heavy atom. The van der Waals surface area contributed by atoms with Crippen molar-refractivity contribution in [3.63, 3.8) is 0 Å². The Kier molecular flexibility index (Phi) is 6.27. The summed E-state index contributed by atoms with van der Waals surface area (Å²) in [5.74, 6) is 0. The summed E-state index contributed by atoms with van der Waals surface area (Å²) in [5, 5.41) is 0. The van der Waals surface area contributed by atoms with Gasteiger partial charge in [-0.25, -0.2) is 0 Å². The van der Waals surface area contributed by atoms with Gasteiger partial charge in [0.1, 0.15) is 11.1 Å². The van der Waals surface area contributed by atoms with E-state index in [1.165, 1.54) is 89.5 Å². The van der Waals surface area contributed by atoms with Crippen molar-refractivity contribution in [1.82, 2.24) is 4.70 Å². The molecule has 5 heterocycles. The van der Waals surface area contributed by atoms with E-state index in [9.17, 15) is 0 Å². The number of benzene rings is 4. The maximum Gasteiger partial charge on any atom is 0.286 e. The van der Waals surface area contributed by atoms with Crippen molar-refractivity contribution in [3.8, 4) is 33.6 Å². The molecule has 0 N–H and O–H groups in total. The van der Waals surface area contributed by atoms with Crippen molar-refractivity contribution in [2.24, 2.45) is 0 Å². The molecule has 10 rings (SSSR count). The van der Waals surface area contributed by atoms with E-state index in [1.54, 1.807) is 0 Å². The van der Waals surface area contributed by atoms with Crippen LogP contribution in [0.3, 0.4) is 0 Å². The Morgan fingerprint density at radius 3 is 1.13 bits per heavy atom. The van der Waals surface area contributed by atoms with Crippen molar-refractivity contribution < 1.29 is 9.35 Å². The van der Waals surface area contributed by atoms with Gasteiger partial charge in [-0.05, 0) is 90.4 Å². The Labute approximate surface area is 322 Å². The van der Waals surface area contributed by atoms with Gasteiger partial charge in [-0.3, -0.25) is 0 Å². The highest BCUT2D eigenvalue weighted by atomic mass is 15.9. The van der Waals surface area contributed by atoms with E-state index in [2.05, 4.69) is 202 Å². The van der Waals surface area contributed by atoms with Crippen LogP contribution in [0.5, 0.6) is 0 Å². The van der Waals surface area contributed by atoms with Crippen LogP contribution in [0.2, 0.25) is 0 Å². The van der Waals surface area contributed by atoms with Gasteiger partial charge in [-0.1, -0.05) is 132 Å². The third kappa shape index (κ3) is 3.96. The van der Waals surface area contributed by atoms with Crippen molar-refractivity contribution in [1.29, 1.82) is 0 Å². The Hall–Kier alpha value is -4.86. The van der Waals surface area contributed by atoms with E-state index in [0.717, 1.165) is 0 Å². The van der Waals surface area contributed by atoms with E-state index in [0.29, 0.717) is 4.70 Å². The third-order valence-electron chi connectivity index (χ3n) is 13.1. The van der Waals surface area contributed by atoms with Crippen LogP contribution in [0.15, 0.2) is 109 Å². The number of aromatic nitrogens is 2. The number of hydrogen-bond acceptors (Lipinski definition) is 0. The van der Waals surface area contributed by atoms with E-state index < -0.39 is 5.41 Å². The third-order valence-corrected chi connectivity index (χ3v) is 13.1. The Balaban J connectivity index is 1.51. The predicted octanol–water partition coefficient (Wildman–Crippen LogP) is 11.7. The van der Waals surface area contributed by atoms with Gasteiger partial charge in [0.15, 0.2) is 4.70 Å². The largest absolute Gasteiger partial charge is 0.286 e. The van der Waals surface area contributed by atoms with E-state index in [1.807, 2.05) is 0 Å². The van der Waals surface area contributed by atoms with Crippen LogP contribution in [0.4, 0.5) is 11.4 Å². The maximum absolute atomic E-state index is 2.61. The first-order valence-electron chi connectivity index (χ1n) is 19.9. The van der Waals surface area contributed by atoms with Crippen LogP contribution in [-0.4, -0.2) is 0 Å². The normalized spacial score (nSPS) is 16.4. The molecule has 3 nitrogen and oxygen atoms in total. The van der Waals surface area contributed by atoms with Crippen LogP contribution in [0.1, 0.15) is 128 Å². The highest BCUT2D eigenvalue weighted by Gasteiger charge is 2.76. The average molecular weight is 709 g/mol. The smallest absolute Gasteiger partial charge is 0.0619 e. The SMILES string of the molecule is CC(C)(C)c1cc2c3c(c1)C1(c4ccccc4-c4ccccc41)c1cc(C(C)(C)C)cc4c1[N+]3([n+]1ccc(C(C)(C)C)cc1-2)[n+]1ccc(C(C)(C)C)cc1-4. The first kappa shape index (κ1) is 33.7. The quantitative estimate of drug-likeness (QED) is 0.109. The Morgan fingerprint density at radius 1 is 0.389 bits per heavy atom. The summed E-state index contributed by atoms with van der Waals surface area (Å²) in [6.07, 6.45) is 4.80. The average Bonchev–Trinajstić information content (AvgIpc) is 3.69. The minimum Gasteiger partial charge on any atom is -0.0619 e. The van der Waals surface area contributed by atoms with Crippen LogP contribution >= 0.6 is 0 Å². The molecule has 270 valence electrons.